The van der Waals surface area contributed by atoms with Crippen LogP contribution in [0.3, 0.4) is 0 Å². The van der Waals surface area contributed by atoms with Gasteiger partial charge in [0.1, 0.15) is 17.6 Å². The van der Waals surface area contributed by atoms with E-state index < -0.39 is 33.7 Å². The van der Waals surface area contributed by atoms with Crippen LogP contribution in [0.15, 0.2) is 77.7 Å². The Bertz CT molecular complexity index is 1280. The van der Waals surface area contributed by atoms with Gasteiger partial charge in [-0.15, -0.1) is 0 Å². The number of ether oxygens (including phenoxy) is 1. The van der Waals surface area contributed by atoms with Crippen molar-refractivity contribution < 1.29 is 27.1 Å². The predicted molar refractivity (Wildman–Crippen MR) is 130 cm³/mol. The van der Waals surface area contributed by atoms with Gasteiger partial charge in [-0.25, -0.2) is 17.5 Å². The lowest BCUT2D eigenvalue weighted by atomic mass is 10.0. The lowest BCUT2D eigenvalue weighted by Crippen LogP contribution is -2.45. The summed E-state index contributed by atoms with van der Waals surface area (Å²) in [4.78, 5) is 25.9. The summed E-state index contributed by atoms with van der Waals surface area (Å²) in [6, 6.07) is 17.2. The lowest BCUT2D eigenvalue weighted by molar-refractivity contribution is -0.118. The number of anilines is 1. The number of amides is 2. The third kappa shape index (κ3) is 6.87. The van der Waals surface area contributed by atoms with Crippen LogP contribution >= 0.6 is 0 Å². The number of nitrogens with one attached hydrogen (secondary N) is 3. The molecule has 3 rings (SSSR count). The Morgan fingerprint density at radius 2 is 1.69 bits per heavy atom. The van der Waals surface area contributed by atoms with Crippen LogP contribution in [0.25, 0.3) is 0 Å². The molecule has 3 aromatic carbocycles. The normalized spacial score (nSPS) is 12.0. The average molecular weight is 500 g/mol. The van der Waals surface area contributed by atoms with Crippen LogP contribution in [0.2, 0.25) is 0 Å². The van der Waals surface area contributed by atoms with E-state index in [2.05, 4.69) is 15.4 Å². The molecular weight excluding hydrogens is 473 g/mol. The molecule has 8 nitrogen and oxygen atoms in total. The summed E-state index contributed by atoms with van der Waals surface area (Å²) in [5, 5.41) is 5.40. The van der Waals surface area contributed by atoms with E-state index in [4.69, 9.17) is 4.74 Å². The Balaban J connectivity index is 1.85. The molecule has 0 aliphatic heterocycles. The average Bonchev–Trinajstić information content (AvgIpc) is 2.84. The third-order valence-electron chi connectivity index (χ3n) is 5.09. The number of hydrogen-bond donors (Lipinski definition) is 3. The van der Waals surface area contributed by atoms with Gasteiger partial charge in [0.15, 0.2) is 0 Å². The van der Waals surface area contributed by atoms with E-state index in [1.54, 1.807) is 6.92 Å². The van der Waals surface area contributed by atoms with E-state index in [-0.39, 0.29) is 34.9 Å². The molecule has 3 N–H and O–H groups in total. The summed E-state index contributed by atoms with van der Waals surface area (Å²) in [6.45, 7) is 1.88. The molecule has 0 radical (unpaired) electrons. The zero-order valence-corrected chi connectivity index (χ0v) is 20.1. The molecule has 0 bridgehead atoms. The minimum absolute atomic E-state index is 0.0142. The number of carbonyl (C=O) groups is 2. The van der Waals surface area contributed by atoms with Gasteiger partial charge in [0.25, 0.3) is 5.91 Å². The molecular formula is C25H26FN3O5S. The molecule has 0 heterocycles. The van der Waals surface area contributed by atoms with E-state index in [0.717, 1.165) is 17.7 Å². The van der Waals surface area contributed by atoms with Gasteiger partial charge in [0, 0.05) is 24.6 Å². The van der Waals surface area contributed by atoms with Gasteiger partial charge >= 0.3 is 0 Å². The van der Waals surface area contributed by atoms with Crippen molar-refractivity contribution in [3.8, 4) is 5.75 Å². The molecule has 0 fully saturated rings. The maximum absolute atomic E-state index is 13.2. The third-order valence-corrected chi connectivity index (χ3v) is 6.63. The molecule has 0 spiro atoms. The van der Waals surface area contributed by atoms with E-state index in [1.165, 1.54) is 37.4 Å². The van der Waals surface area contributed by atoms with E-state index >= 15 is 0 Å². The van der Waals surface area contributed by atoms with E-state index in [1.807, 2.05) is 30.3 Å². The molecule has 0 saturated heterocycles. The van der Waals surface area contributed by atoms with Gasteiger partial charge in [0.05, 0.1) is 17.7 Å². The molecule has 3 aromatic rings. The molecule has 0 aliphatic carbocycles. The van der Waals surface area contributed by atoms with Crippen molar-refractivity contribution >= 4 is 27.5 Å². The summed E-state index contributed by atoms with van der Waals surface area (Å²) >= 11 is 0. The van der Waals surface area contributed by atoms with Crippen LogP contribution in [0, 0.1) is 5.82 Å². The Hall–Kier alpha value is -3.76. The van der Waals surface area contributed by atoms with Gasteiger partial charge in [-0.2, -0.15) is 0 Å². The van der Waals surface area contributed by atoms with Crippen LogP contribution in [-0.2, 0) is 21.2 Å². The number of halogens is 1. The van der Waals surface area contributed by atoms with E-state index in [9.17, 15) is 22.4 Å². The van der Waals surface area contributed by atoms with Crippen LogP contribution < -0.4 is 20.1 Å². The van der Waals surface area contributed by atoms with E-state index in [0.29, 0.717) is 0 Å². The Morgan fingerprint density at radius 3 is 2.31 bits per heavy atom. The highest BCUT2D eigenvalue weighted by molar-refractivity contribution is 7.89. The molecule has 1 atom stereocenters. The number of carbonyl (C=O) groups excluding carboxylic acids is 2. The van der Waals surface area contributed by atoms with Crippen LogP contribution in [-0.4, -0.2) is 39.9 Å². The fourth-order valence-corrected chi connectivity index (χ4v) is 4.39. The highest BCUT2D eigenvalue weighted by atomic mass is 32.2. The lowest BCUT2D eigenvalue weighted by Gasteiger charge is -2.20. The SMILES string of the molecule is CCNS(=O)(=O)c1ccc(NC(=O)[C@H](Cc2ccccc2)NC(=O)c2ccc(F)cc2)c(OC)c1. The topological polar surface area (TPSA) is 114 Å². The van der Waals surface area contributed by atoms with Crippen LogP contribution in [0.1, 0.15) is 22.8 Å². The van der Waals surface area contributed by atoms with Gasteiger partial charge in [-0.05, 0) is 42.0 Å². The van der Waals surface area contributed by atoms with Crippen molar-refractivity contribution in [2.45, 2.75) is 24.3 Å². The quantitative estimate of drug-likeness (QED) is 0.397. The number of methoxy groups -OCH3 is 1. The molecule has 0 aromatic heterocycles. The summed E-state index contributed by atoms with van der Waals surface area (Å²) in [7, 11) is -2.37. The first kappa shape index (κ1) is 25.9. The minimum atomic E-state index is -3.72. The maximum Gasteiger partial charge on any atom is 0.251 e. The molecule has 0 saturated carbocycles. The summed E-state index contributed by atoms with van der Waals surface area (Å²) in [6.07, 6.45) is 0.189. The molecule has 10 heteroatoms. The number of benzene rings is 3. The second-order valence-corrected chi connectivity index (χ2v) is 9.34. The summed E-state index contributed by atoms with van der Waals surface area (Å²) < 4.78 is 45.5. The Labute approximate surface area is 203 Å². The zero-order chi connectivity index (χ0) is 25.4. The standard InChI is InChI=1S/C25H26FN3O5S/c1-3-27-35(32,33)20-13-14-21(23(16-20)34-2)28-25(31)22(15-17-7-5-4-6-8-17)29-24(30)18-9-11-19(26)12-10-18/h4-14,16,22,27H,3,15H2,1-2H3,(H,28,31)(H,29,30)/t22-/m0/s1. The zero-order valence-electron chi connectivity index (χ0n) is 19.2. The fourth-order valence-electron chi connectivity index (χ4n) is 3.34. The first-order valence-corrected chi connectivity index (χ1v) is 12.3. The largest absolute Gasteiger partial charge is 0.495 e. The first-order chi connectivity index (χ1) is 16.7. The summed E-state index contributed by atoms with van der Waals surface area (Å²) in [5.41, 5.74) is 1.25. The highest BCUT2D eigenvalue weighted by Gasteiger charge is 2.24. The number of hydrogen-bond acceptors (Lipinski definition) is 5. The van der Waals surface area contributed by atoms with Crippen molar-refractivity contribution in [2.75, 3.05) is 19.0 Å². The first-order valence-electron chi connectivity index (χ1n) is 10.8. The molecule has 0 aliphatic rings. The van der Waals surface area contributed by atoms with Gasteiger partial charge in [-0.1, -0.05) is 37.3 Å². The van der Waals surface area contributed by atoms with Crippen molar-refractivity contribution in [1.82, 2.24) is 10.0 Å². The number of sulfonamides is 1. The smallest absolute Gasteiger partial charge is 0.251 e. The Morgan fingerprint density at radius 1 is 1.00 bits per heavy atom. The maximum atomic E-state index is 13.2. The predicted octanol–water partition coefficient (Wildman–Crippen LogP) is 3.11. The number of rotatable bonds is 10. The van der Waals surface area contributed by atoms with Crippen molar-refractivity contribution in [2.24, 2.45) is 0 Å². The van der Waals surface area contributed by atoms with Crippen molar-refractivity contribution in [1.29, 1.82) is 0 Å². The van der Waals surface area contributed by atoms with Gasteiger partial charge < -0.3 is 15.4 Å². The highest BCUT2D eigenvalue weighted by Crippen LogP contribution is 2.28. The van der Waals surface area contributed by atoms with Crippen LogP contribution in [0.5, 0.6) is 5.75 Å². The van der Waals surface area contributed by atoms with Gasteiger partial charge in [0.2, 0.25) is 15.9 Å². The fraction of sp³-hybridized carbons (Fsp3) is 0.200. The molecule has 2 amide bonds. The Kier molecular flexibility index (Phi) is 8.56. The summed E-state index contributed by atoms with van der Waals surface area (Å²) in [5.74, 6) is -1.42. The second kappa shape index (κ2) is 11.6. The monoisotopic (exact) mass is 499 g/mol. The second-order valence-electron chi connectivity index (χ2n) is 7.58. The van der Waals surface area contributed by atoms with Crippen LogP contribution in [0.4, 0.5) is 10.1 Å². The minimum Gasteiger partial charge on any atom is -0.495 e. The van der Waals surface area contributed by atoms with Gasteiger partial charge in [-0.3, -0.25) is 9.59 Å². The molecule has 35 heavy (non-hydrogen) atoms. The molecule has 0 unspecified atom stereocenters. The molecule has 184 valence electrons. The van der Waals surface area contributed by atoms with Crippen molar-refractivity contribution in [3.05, 3.63) is 89.7 Å². The van der Waals surface area contributed by atoms with Crippen molar-refractivity contribution in [3.63, 3.8) is 0 Å².